The zero-order valence-electron chi connectivity index (χ0n) is 10.4. The van der Waals surface area contributed by atoms with E-state index in [1.54, 1.807) is 18.2 Å². The number of benzene rings is 1. The van der Waals surface area contributed by atoms with E-state index >= 15 is 0 Å². The summed E-state index contributed by atoms with van der Waals surface area (Å²) >= 11 is 11.8. The van der Waals surface area contributed by atoms with Crippen molar-refractivity contribution in [2.45, 2.75) is 32.3 Å². The fourth-order valence-corrected chi connectivity index (χ4v) is 2.03. The number of aromatic nitrogens is 2. The lowest BCUT2D eigenvalue weighted by atomic mass is 10.1. The Morgan fingerprint density at radius 3 is 2.79 bits per heavy atom. The summed E-state index contributed by atoms with van der Waals surface area (Å²) in [5.41, 5.74) is 0.731. The van der Waals surface area contributed by atoms with Gasteiger partial charge in [0.1, 0.15) is 0 Å². The van der Waals surface area contributed by atoms with Gasteiger partial charge in [0.15, 0.2) is 0 Å². The van der Waals surface area contributed by atoms with Gasteiger partial charge in [-0.2, -0.15) is 4.98 Å². The second-order valence-corrected chi connectivity index (χ2v) is 5.10. The number of nitrogens with zero attached hydrogens (tertiary/aromatic N) is 2. The maximum atomic E-state index is 9.70. The lowest BCUT2D eigenvalue weighted by Gasteiger charge is -2.03. The van der Waals surface area contributed by atoms with Crippen LogP contribution in [0, 0.1) is 0 Å². The summed E-state index contributed by atoms with van der Waals surface area (Å²) in [7, 11) is 0. The molecule has 1 atom stereocenters. The smallest absolute Gasteiger partial charge is 0.229 e. The van der Waals surface area contributed by atoms with E-state index in [-0.39, 0.29) is 0 Å². The maximum absolute atomic E-state index is 9.70. The first-order valence-electron chi connectivity index (χ1n) is 6.06. The molecule has 1 aromatic carbocycles. The topological polar surface area (TPSA) is 59.2 Å². The summed E-state index contributed by atoms with van der Waals surface area (Å²) in [5, 5.41) is 14.5. The second-order valence-electron chi connectivity index (χ2n) is 4.29. The van der Waals surface area contributed by atoms with Crippen molar-refractivity contribution in [2.75, 3.05) is 0 Å². The first-order valence-corrected chi connectivity index (χ1v) is 6.81. The van der Waals surface area contributed by atoms with Crippen molar-refractivity contribution in [3.8, 4) is 11.4 Å². The molecule has 0 aliphatic heterocycles. The van der Waals surface area contributed by atoms with Crippen molar-refractivity contribution in [1.82, 2.24) is 10.1 Å². The normalized spacial score (nSPS) is 12.6. The quantitative estimate of drug-likeness (QED) is 0.913. The fraction of sp³-hybridized carbons (Fsp3) is 0.385. The minimum Gasteiger partial charge on any atom is -0.393 e. The van der Waals surface area contributed by atoms with E-state index in [9.17, 15) is 5.11 Å². The Balaban J connectivity index is 2.14. The summed E-state index contributed by atoms with van der Waals surface area (Å²) in [6, 6.07) is 5.13. The average Bonchev–Trinajstić information content (AvgIpc) is 2.81. The van der Waals surface area contributed by atoms with Gasteiger partial charge in [-0.3, -0.25) is 0 Å². The van der Waals surface area contributed by atoms with E-state index in [2.05, 4.69) is 10.1 Å². The fourth-order valence-electron chi connectivity index (χ4n) is 1.73. The molecule has 0 fully saturated rings. The van der Waals surface area contributed by atoms with E-state index in [4.69, 9.17) is 27.7 Å². The zero-order chi connectivity index (χ0) is 13.8. The van der Waals surface area contributed by atoms with Crippen molar-refractivity contribution < 1.29 is 9.63 Å². The van der Waals surface area contributed by atoms with Crippen LogP contribution in [-0.4, -0.2) is 21.4 Å². The Labute approximate surface area is 121 Å². The standard InChI is InChI=1S/C13H14Cl2N2O2/c1-2-3-9(18)7-12-16-13(17-19-12)8-4-5-10(14)11(15)6-8/h4-6,9,18H,2-3,7H2,1H3. The molecule has 0 radical (unpaired) electrons. The van der Waals surface area contributed by atoms with Crippen LogP contribution in [0.25, 0.3) is 11.4 Å². The Kier molecular flexibility index (Phi) is 4.80. The van der Waals surface area contributed by atoms with Gasteiger partial charge in [-0.15, -0.1) is 0 Å². The molecule has 0 amide bonds. The Bertz CT molecular complexity index is 557. The largest absolute Gasteiger partial charge is 0.393 e. The highest BCUT2D eigenvalue weighted by atomic mass is 35.5. The highest BCUT2D eigenvalue weighted by Crippen LogP contribution is 2.27. The summed E-state index contributed by atoms with van der Waals surface area (Å²) in [5.74, 6) is 0.860. The monoisotopic (exact) mass is 300 g/mol. The van der Waals surface area contributed by atoms with Crippen molar-refractivity contribution >= 4 is 23.2 Å². The number of aliphatic hydroxyl groups is 1. The molecule has 0 saturated heterocycles. The minimum atomic E-state index is -0.452. The Morgan fingerprint density at radius 1 is 1.32 bits per heavy atom. The van der Waals surface area contributed by atoms with Gasteiger partial charge in [0, 0.05) is 5.56 Å². The third-order valence-corrected chi connectivity index (χ3v) is 3.42. The number of aliphatic hydroxyl groups excluding tert-OH is 1. The predicted molar refractivity (Wildman–Crippen MR) is 74.4 cm³/mol. The third kappa shape index (κ3) is 3.69. The Morgan fingerprint density at radius 2 is 2.11 bits per heavy atom. The minimum absolute atomic E-state index is 0.363. The van der Waals surface area contributed by atoms with E-state index in [1.165, 1.54) is 0 Å². The van der Waals surface area contributed by atoms with Gasteiger partial charge >= 0.3 is 0 Å². The molecular formula is C13H14Cl2N2O2. The van der Waals surface area contributed by atoms with Crippen LogP contribution in [0.5, 0.6) is 0 Å². The van der Waals surface area contributed by atoms with E-state index in [1.807, 2.05) is 6.92 Å². The summed E-state index contributed by atoms with van der Waals surface area (Å²) in [6.45, 7) is 2.01. The molecule has 2 aromatic rings. The molecule has 2 rings (SSSR count). The van der Waals surface area contributed by atoms with Gasteiger partial charge in [0.05, 0.1) is 22.6 Å². The molecular weight excluding hydrogens is 287 g/mol. The van der Waals surface area contributed by atoms with Crippen molar-refractivity contribution in [2.24, 2.45) is 0 Å². The van der Waals surface area contributed by atoms with Crippen LogP contribution in [0.15, 0.2) is 22.7 Å². The van der Waals surface area contributed by atoms with Crippen LogP contribution >= 0.6 is 23.2 Å². The van der Waals surface area contributed by atoms with Gasteiger partial charge in [-0.25, -0.2) is 0 Å². The third-order valence-electron chi connectivity index (χ3n) is 2.68. The van der Waals surface area contributed by atoms with Crippen LogP contribution < -0.4 is 0 Å². The molecule has 19 heavy (non-hydrogen) atoms. The molecule has 0 saturated carbocycles. The maximum Gasteiger partial charge on any atom is 0.229 e. The molecule has 1 N–H and O–H groups in total. The highest BCUT2D eigenvalue weighted by molar-refractivity contribution is 6.42. The van der Waals surface area contributed by atoms with Crippen molar-refractivity contribution in [3.63, 3.8) is 0 Å². The van der Waals surface area contributed by atoms with Crippen molar-refractivity contribution in [3.05, 3.63) is 34.1 Å². The van der Waals surface area contributed by atoms with Gasteiger partial charge in [-0.1, -0.05) is 41.7 Å². The van der Waals surface area contributed by atoms with Crippen LogP contribution in [0.1, 0.15) is 25.7 Å². The predicted octanol–water partition coefficient (Wildman–Crippen LogP) is 3.75. The Hall–Kier alpha value is -1.10. The van der Waals surface area contributed by atoms with Crippen LogP contribution in [0.2, 0.25) is 10.0 Å². The molecule has 4 nitrogen and oxygen atoms in total. The van der Waals surface area contributed by atoms with Crippen LogP contribution in [0.3, 0.4) is 0 Å². The summed E-state index contributed by atoms with van der Waals surface area (Å²) in [4.78, 5) is 4.23. The molecule has 102 valence electrons. The molecule has 6 heteroatoms. The molecule has 0 aliphatic carbocycles. The van der Waals surface area contributed by atoms with E-state index in [0.717, 1.165) is 12.0 Å². The van der Waals surface area contributed by atoms with Gasteiger partial charge in [0.25, 0.3) is 0 Å². The lowest BCUT2D eigenvalue weighted by Crippen LogP contribution is -2.09. The highest BCUT2D eigenvalue weighted by Gasteiger charge is 2.13. The van der Waals surface area contributed by atoms with Crippen LogP contribution in [0.4, 0.5) is 0 Å². The van der Waals surface area contributed by atoms with Gasteiger partial charge < -0.3 is 9.63 Å². The molecule has 1 unspecified atom stereocenters. The number of halogens is 2. The average molecular weight is 301 g/mol. The number of rotatable bonds is 5. The molecule has 0 aliphatic rings. The van der Waals surface area contributed by atoms with Gasteiger partial charge in [0.2, 0.25) is 11.7 Å². The molecule has 1 aromatic heterocycles. The SMILES string of the molecule is CCCC(O)Cc1nc(-c2ccc(Cl)c(Cl)c2)no1. The molecule has 1 heterocycles. The van der Waals surface area contributed by atoms with E-state index in [0.29, 0.717) is 34.6 Å². The lowest BCUT2D eigenvalue weighted by molar-refractivity contribution is 0.152. The first kappa shape index (κ1) is 14.3. The van der Waals surface area contributed by atoms with Crippen LogP contribution in [-0.2, 0) is 6.42 Å². The van der Waals surface area contributed by atoms with E-state index < -0.39 is 6.10 Å². The summed E-state index contributed by atoms with van der Waals surface area (Å²) < 4.78 is 5.11. The first-order chi connectivity index (χ1) is 9.10. The zero-order valence-corrected chi connectivity index (χ0v) is 11.9. The number of hydrogen-bond acceptors (Lipinski definition) is 4. The van der Waals surface area contributed by atoms with Crippen molar-refractivity contribution in [1.29, 1.82) is 0 Å². The second kappa shape index (κ2) is 6.37. The number of hydrogen-bond donors (Lipinski definition) is 1. The van der Waals surface area contributed by atoms with Gasteiger partial charge in [-0.05, 0) is 24.6 Å². The summed E-state index contributed by atoms with van der Waals surface area (Å²) in [6.07, 6.45) is 1.54. The molecule has 0 spiro atoms. The molecule has 0 bridgehead atoms.